The zero-order chi connectivity index (χ0) is 21.1. The fraction of sp³-hybridized carbons (Fsp3) is 0.286. The SMILES string of the molecule is O=C(OCc1ccccc1)S(=O)(=O)C1C[C@H](Cc2nc(=O)[nH]o2)Cc2ccccc21. The summed E-state index contributed by atoms with van der Waals surface area (Å²) in [6.45, 7) is -0.116. The molecule has 1 aliphatic rings. The normalized spacial score (nSPS) is 18.5. The Morgan fingerprint density at radius 1 is 1.13 bits per heavy atom. The summed E-state index contributed by atoms with van der Waals surface area (Å²) in [7, 11) is -4.25. The molecule has 1 unspecified atom stereocenters. The summed E-state index contributed by atoms with van der Waals surface area (Å²) in [5.41, 5.74) is 1.57. The van der Waals surface area contributed by atoms with Gasteiger partial charge in [-0.3, -0.25) is 0 Å². The van der Waals surface area contributed by atoms with Gasteiger partial charge in [-0.25, -0.2) is 18.0 Å². The van der Waals surface area contributed by atoms with Gasteiger partial charge in [0, 0.05) is 6.42 Å². The Morgan fingerprint density at radius 2 is 1.87 bits per heavy atom. The van der Waals surface area contributed by atoms with E-state index >= 15 is 0 Å². The van der Waals surface area contributed by atoms with Gasteiger partial charge in [-0.05, 0) is 35.4 Å². The molecule has 0 radical (unpaired) electrons. The lowest BCUT2D eigenvalue weighted by Crippen LogP contribution is -2.30. The molecule has 0 saturated carbocycles. The average Bonchev–Trinajstić information content (AvgIpc) is 3.16. The van der Waals surface area contributed by atoms with Gasteiger partial charge < -0.3 is 9.26 Å². The predicted octanol–water partition coefficient (Wildman–Crippen LogP) is 2.96. The molecule has 3 aromatic rings. The molecule has 0 fully saturated rings. The highest BCUT2D eigenvalue weighted by Crippen LogP contribution is 2.40. The van der Waals surface area contributed by atoms with Crippen molar-refractivity contribution in [3.8, 4) is 0 Å². The van der Waals surface area contributed by atoms with Gasteiger partial charge in [0.15, 0.2) is 0 Å². The number of H-pyrrole nitrogens is 1. The van der Waals surface area contributed by atoms with E-state index in [4.69, 9.17) is 9.26 Å². The van der Waals surface area contributed by atoms with E-state index in [1.807, 2.05) is 18.2 Å². The standard InChI is InChI=1S/C21H20N2O6S/c24-20-22-19(29-23-20)12-15-10-16-8-4-5-9-17(16)18(11-15)30(26,27)21(25)28-13-14-6-2-1-3-7-14/h1-9,15,18H,10-13H2,(H,23,24)/t15-,18?/m1/s1. The van der Waals surface area contributed by atoms with Crippen LogP contribution in [0.4, 0.5) is 4.79 Å². The Bertz CT molecular complexity index is 1200. The van der Waals surface area contributed by atoms with Crippen LogP contribution in [0.1, 0.15) is 34.3 Å². The Hall–Kier alpha value is -3.20. The summed E-state index contributed by atoms with van der Waals surface area (Å²) in [4.78, 5) is 27.5. The number of carbonyl (C=O) groups is 1. The summed E-state index contributed by atoms with van der Waals surface area (Å²) in [6, 6.07) is 16.1. The van der Waals surface area contributed by atoms with Gasteiger partial charge in [-0.15, -0.1) is 0 Å². The zero-order valence-corrected chi connectivity index (χ0v) is 16.8. The van der Waals surface area contributed by atoms with Crippen molar-refractivity contribution in [3.05, 3.63) is 87.7 Å². The largest absolute Gasteiger partial charge is 0.449 e. The minimum Gasteiger partial charge on any atom is -0.449 e. The highest BCUT2D eigenvalue weighted by molar-refractivity contribution is 8.05. The molecule has 1 aromatic heterocycles. The van der Waals surface area contributed by atoms with Crippen molar-refractivity contribution >= 4 is 15.1 Å². The van der Waals surface area contributed by atoms with Crippen molar-refractivity contribution in [2.24, 2.45) is 5.92 Å². The third-order valence-corrected chi connectivity index (χ3v) is 6.99. The van der Waals surface area contributed by atoms with E-state index < -0.39 is 26.1 Å². The van der Waals surface area contributed by atoms with E-state index in [-0.39, 0.29) is 31.3 Å². The monoisotopic (exact) mass is 428 g/mol. The molecule has 1 aliphatic carbocycles. The maximum atomic E-state index is 13.1. The number of aromatic nitrogens is 2. The highest BCUT2D eigenvalue weighted by Gasteiger charge is 2.41. The van der Waals surface area contributed by atoms with E-state index in [0.29, 0.717) is 17.5 Å². The molecule has 0 amide bonds. The van der Waals surface area contributed by atoms with Crippen molar-refractivity contribution < 1.29 is 22.5 Å². The molecule has 0 aliphatic heterocycles. The molecule has 1 heterocycles. The summed E-state index contributed by atoms with van der Waals surface area (Å²) < 4.78 is 36.3. The lowest BCUT2D eigenvalue weighted by Gasteiger charge is -2.30. The molecule has 2 aromatic carbocycles. The Morgan fingerprint density at radius 3 is 2.60 bits per heavy atom. The number of carbonyl (C=O) groups excluding carboxylic acids is 1. The van der Waals surface area contributed by atoms with Crippen LogP contribution in [0.15, 0.2) is 63.9 Å². The number of sulfone groups is 1. The van der Waals surface area contributed by atoms with Gasteiger partial charge in [-0.2, -0.15) is 10.1 Å². The summed E-state index contributed by atoms with van der Waals surface area (Å²) in [6.07, 6.45) is 1.09. The molecule has 0 bridgehead atoms. The van der Waals surface area contributed by atoms with Crippen LogP contribution in [-0.2, 0) is 34.0 Å². The van der Waals surface area contributed by atoms with Crippen LogP contribution in [0.2, 0.25) is 0 Å². The van der Waals surface area contributed by atoms with Crippen molar-refractivity contribution in [3.63, 3.8) is 0 Å². The summed E-state index contributed by atoms with van der Waals surface area (Å²) >= 11 is 0. The average molecular weight is 428 g/mol. The second-order valence-electron chi connectivity index (χ2n) is 7.28. The van der Waals surface area contributed by atoms with E-state index in [9.17, 15) is 18.0 Å². The fourth-order valence-electron chi connectivity index (χ4n) is 3.82. The molecule has 2 atom stereocenters. The Kier molecular flexibility index (Phi) is 5.54. The summed E-state index contributed by atoms with van der Waals surface area (Å²) in [5, 5.41) is -0.129. The number of fused-ring (bicyclic) bond motifs is 1. The van der Waals surface area contributed by atoms with Crippen molar-refractivity contribution in [1.29, 1.82) is 0 Å². The molecule has 1 N–H and O–H groups in total. The number of benzene rings is 2. The first kappa shape index (κ1) is 20.1. The predicted molar refractivity (Wildman–Crippen MR) is 107 cm³/mol. The Labute approximate surface area is 172 Å². The smallest absolute Gasteiger partial charge is 0.425 e. The second-order valence-corrected chi connectivity index (χ2v) is 9.27. The van der Waals surface area contributed by atoms with E-state index in [1.165, 1.54) is 0 Å². The zero-order valence-electron chi connectivity index (χ0n) is 16.0. The molecule has 0 spiro atoms. The highest BCUT2D eigenvalue weighted by atomic mass is 32.2. The lowest BCUT2D eigenvalue weighted by molar-refractivity contribution is 0.165. The first-order valence-electron chi connectivity index (χ1n) is 9.50. The van der Waals surface area contributed by atoms with Gasteiger partial charge in [0.2, 0.25) is 5.89 Å². The minimum atomic E-state index is -4.25. The molecule has 9 heteroatoms. The van der Waals surface area contributed by atoms with Crippen LogP contribution < -0.4 is 5.69 Å². The molecule has 4 rings (SSSR count). The van der Waals surface area contributed by atoms with Gasteiger partial charge >= 0.3 is 11.0 Å². The first-order valence-corrected chi connectivity index (χ1v) is 11.0. The molecule has 0 saturated heterocycles. The van der Waals surface area contributed by atoms with E-state index in [2.05, 4.69) is 10.1 Å². The quantitative estimate of drug-likeness (QED) is 0.621. The number of hydrogen-bond acceptors (Lipinski definition) is 7. The Balaban J connectivity index is 1.56. The van der Waals surface area contributed by atoms with Crippen molar-refractivity contribution in [1.82, 2.24) is 10.1 Å². The number of aromatic amines is 1. The van der Waals surface area contributed by atoms with Crippen molar-refractivity contribution in [2.45, 2.75) is 31.1 Å². The molecular formula is C21H20N2O6S. The lowest BCUT2D eigenvalue weighted by atomic mass is 9.82. The first-order chi connectivity index (χ1) is 14.4. The van der Waals surface area contributed by atoms with Crippen molar-refractivity contribution in [2.75, 3.05) is 0 Å². The van der Waals surface area contributed by atoms with E-state index in [1.54, 1.807) is 36.4 Å². The van der Waals surface area contributed by atoms with Crippen LogP contribution in [0, 0.1) is 5.92 Å². The van der Waals surface area contributed by atoms with Gasteiger partial charge in [0.1, 0.15) is 6.61 Å². The molecule has 30 heavy (non-hydrogen) atoms. The van der Waals surface area contributed by atoms with Crippen LogP contribution in [0.25, 0.3) is 0 Å². The maximum absolute atomic E-state index is 13.1. The minimum absolute atomic E-state index is 0.116. The fourth-order valence-corrected chi connectivity index (χ4v) is 5.36. The van der Waals surface area contributed by atoms with Crippen LogP contribution >= 0.6 is 0 Å². The van der Waals surface area contributed by atoms with Crippen LogP contribution in [0.3, 0.4) is 0 Å². The van der Waals surface area contributed by atoms with Crippen LogP contribution in [0.5, 0.6) is 0 Å². The number of hydrogen-bond donors (Lipinski definition) is 1. The molecule has 156 valence electrons. The third kappa shape index (κ3) is 4.20. The van der Waals surface area contributed by atoms with Gasteiger partial charge in [0.05, 0.1) is 5.25 Å². The molecule has 8 nitrogen and oxygen atoms in total. The number of rotatable bonds is 5. The number of nitrogens with zero attached hydrogens (tertiary/aromatic N) is 1. The third-order valence-electron chi connectivity index (χ3n) is 5.21. The molecular weight excluding hydrogens is 408 g/mol. The van der Waals surface area contributed by atoms with Gasteiger partial charge in [0.25, 0.3) is 9.84 Å². The summed E-state index contributed by atoms with van der Waals surface area (Å²) in [5.74, 6) is 0.0558. The van der Waals surface area contributed by atoms with Crippen LogP contribution in [-0.4, -0.2) is 23.9 Å². The topological polar surface area (TPSA) is 119 Å². The van der Waals surface area contributed by atoms with E-state index in [0.717, 1.165) is 5.56 Å². The number of ether oxygens (including phenoxy) is 1. The maximum Gasteiger partial charge on any atom is 0.425 e. The van der Waals surface area contributed by atoms with Gasteiger partial charge in [-0.1, -0.05) is 54.6 Å². The number of nitrogens with one attached hydrogen (secondary N) is 1. The second kappa shape index (κ2) is 8.27.